The highest BCUT2D eigenvalue weighted by Gasteiger charge is 2.26. The predicted molar refractivity (Wildman–Crippen MR) is 121 cm³/mol. The van der Waals surface area contributed by atoms with E-state index in [9.17, 15) is 9.50 Å². The molecule has 0 bridgehead atoms. The van der Waals surface area contributed by atoms with Gasteiger partial charge in [0.2, 0.25) is 0 Å². The molecule has 1 fully saturated rings. The van der Waals surface area contributed by atoms with Crippen LogP contribution in [0.4, 0.5) is 15.8 Å². The monoisotopic (exact) mass is 415 g/mol. The van der Waals surface area contributed by atoms with Gasteiger partial charge in [0.25, 0.3) is 0 Å². The van der Waals surface area contributed by atoms with Crippen LogP contribution in [0.25, 0.3) is 0 Å². The number of hydrogen-bond donors (Lipinski definition) is 1. The lowest BCUT2D eigenvalue weighted by Crippen LogP contribution is -2.31. The molecule has 2 atom stereocenters. The normalized spacial score (nSPS) is 17.6. The van der Waals surface area contributed by atoms with Crippen molar-refractivity contribution in [2.75, 3.05) is 50.6 Å². The molecule has 2 aromatic rings. The number of likely N-dealkylation sites (N-methyl/N-ethyl adjacent to an activating group) is 1. The lowest BCUT2D eigenvalue weighted by molar-refractivity contribution is 0.178. The molecule has 0 aromatic heterocycles. The Hall–Kier alpha value is -2.31. The maximum Gasteiger partial charge on any atom is 0.153 e. The van der Waals surface area contributed by atoms with Crippen molar-refractivity contribution in [3.8, 4) is 5.75 Å². The summed E-state index contributed by atoms with van der Waals surface area (Å²) in [5, 5.41) is 10.8. The Labute approximate surface area is 179 Å². The van der Waals surface area contributed by atoms with Gasteiger partial charge < -0.3 is 24.5 Å². The minimum atomic E-state index is -0.876. The highest BCUT2D eigenvalue weighted by molar-refractivity contribution is 5.58. The molecule has 1 aliphatic rings. The van der Waals surface area contributed by atoms with Crippen LogP contribution in [-0.2, 0) is 0 Å². The molecule has 1 saturated heterocycles. The molecule has 1 heterocycles. The van der Waals surface area contributed by atoms with Gasteiger partial charge in [-0.25, -0.2) is 4.39 Å². The van der Waals surface area contributed by atoms with Gasteiger partial charge in [0.15, 0.2) is 6.23 Å². The Morgan fingerprint density at radius 1 is 1.13 bits per heavy atom. The standard InChI is InChI=1S/C24H34FN3O2/c1-17(2)16-30-21-9-6-18(7-10-21)24(29)27(5)19-8-11-23(22(25)14-19)28-13-12-20(15-28)26(3)4/h6-11,14,17,20,24,29H,12-13,15-16H2,1-5H3. The number of aliphatic hydroxyl groups excluding tert-OH is 1. The van der Waals surface area contributed by atoms with Gasteiger partial charge in [-0.1, -0.05) is 26.0 Å². The lowest BCUT2D eigenvalue weighted by Gasteiger charge is -2.27. The molecule has 0 amide bonds. The first-order valence-electron chi connectivity index (χ1n) is 10.6. The van der Waals surface area contributed by atoms with Crippen LogP contribution in [0.15, 0.2) is 42.5 Å². The number of rotatable bonds is 8. The molecule has 5 nitrogen and oxygen atoms in total. The van der Waals surface area contributed by atoms with Crippen LogP contribution in [0.5, 0.6) is 5.75 Å². The van der Waals surface area contributed by atoms with E-state index in [4.69, 9.17) is 4.74 Å². The van der Waals surface area contributed by atoms with Gasteiger partial charge in [-0.05, 0) is 56.8 Å². The molecule has 1 N–H and O–H groups in total. The largest absolute Gasteiger partial charge is 0.493 e. The minimum Gasteiger partial charge on any atom is -0.493 e. The second-order valence-electron chi connectivity index (χ2n) is 8.75. The molecule has 6 heteroatoms. The van der Waals surface area contributed by atoms with E-state index < -0.39 is 6.23 Å². The summed E-state index contributed by atoms with van der Waals surface area (Å²) in [6.07, 6.45) is 0.156. The van der Waals surface area contributed by atoms with Crippen molar-refractivity contribution >= 4 is 11.4 Å². The van der Waals surface area contributed by atoms with Crippen molar-refractivity contribution in [2.24, 2.45) is 5.92 Å². The van der Waals surface area contributed by atoms with E-state index in [0.29, 0.717) is 29.9 Å². The summed E-state index contributed by atoms with van der Waals surface area (Å²) in [5.41, 5.74) is 1.98. The summed E-state index contributed by atoms with van der Waals surface area (Å²) >= 11 is 0. The Morgan fingerprint density at radius 3 is 2.40 bits per heavy atom. The fraction of sp³-hybridized carbons (Fsp3) is 0.500. The molecule has 30 heavy (non-hydrogen) atoms. The van der Waals surface area contributed by atoms with Gasteiger partial charge in [-0.15, -0.1) is 0 Å². The first-order chi connectivity index (χ1) is 14.3. The molecule has 0 aliphatic carbocycles. The molecule has 3 rings (SSSR count). The Balaban J connectivity index is 1.67. The summed E-state index contributed by atoms with van der Waals surface area (Å²) in [5.74, 6) is 0.969. The topological polar surface area (TPSA) is 39.2 Å². The third kappa shape index (κ3) is 5.24. The Kier molecular flexibility index (Phi) is 7.21. The number of nitrogens with zero attached hydrogens (tertiary/aromatic N) is 3. The van der Waals surface area contributed by atoms with E-state index in [0.717, 1.165) is 30.8 Å². The van der Waals surface area contributed by atoms with Crippen LogP contribution in [0.2, 0.25) is 0 Å². The summed E-state index contributed by atoms with van der Waals surface area (Å²) in [4.78, 5) is 5.95. The number of aliphatic hydroxyl groups is 1. The Morgan fingerprint density at radius 2 is 1.83 bits per heavy atom. The van der Waals surface area contributed by atoms with Gasteiger partial charge in [0.1, 0.15) is 11.6 Å². The molecule has 164 valence electrons. The molecule has 2 aromatic carbocycles. The van der Waals surface area contributed by atoms with Crippen molar-refractivity contribution in [1.29, 1.82) is 0 Å². The molecule has 0 radical (unpaired) electrons. The summed E-state index contributed by atoms with van der Waals surface area (Å²) in [6, 6.07) is 13.0. The van der Waals surface area contributed by atoms with Gasteiger partial charge in [-0.2, -0.15) is 0 Å². The van der Waals surface area contributed by atoms with E-state index in [-0.39, 0.29) is 5.82 Å². The van der Waals surface area contributed by atoms with Crippen molar-refractivity contribution in [3.63, 3.8) is 0 Å². The number of benzene rings is 2. The van der Waals surface area contributed by atoms with Crippen molar-refractivity contribution < 1.29 is 14.2 Å². The fourth-order valence-corrected chi connectivity index (χ4v) is 3.72. The number of hydrogen-bond acceptors (Lipinski definition) is 5. The second-order valence-corrected chi connectivity index (χ2v) is 8.75. The van der Waals surface area contributed by atoms with Crippen LogP contribution < -0.4 is 14.5 Å². The highest BCUT2D eigenvalue weighted by atomic mass is 19.1. The first-order valence-corrected chi connectivity index (χ1v) is 10.6. The summed E-state index contributed by atoms with van der Waals surface area (Å²) < 4.78 is 20.6. The van der Waals surface area contributed by atoms with Crippen LogP contribution >= 0.6 is 0 Å². The van der Waals surface area contributed by atoms with Gasteiger partial charge >= 0.3 is 0 Å². The molecular formula is C24H34FN3O2. The summed E-state index contributed by atoms with van der Waals surface area (Å²) in [6.45, 7) is 6.53. The van der Waals surface area contributed by atoms with Crippen LogP contribution in [0.3, 0.4) is 0 Å². The van der Waals surface area contributed by atoms with Crippen LogP contribution in [0.1, 0.15) is 32.1 Å². The summed E-state index contributed by atoms with van der Waals surface area (Å²) in [7, 11) is 5.89. The molecule has 1 aliphatic heterocycles. The molecule has 0 spiro atoms. The minimum absolute atomic E-state index is 0.261. The highest BCUT2D eigenvalue weighted by Crippen LogP contribution is 2.31. The predicted octanol–water partition coefficient (Wildman–Crippen LogP) is 4.13. The molecule has 0 saturated carbocycles. The average molecular weight is 416 g/mol. The SMILES string of the molecule is CC(C)COc1ccc(C(O)N(C)c2ccc(N3CCC(N(C)C)C3)c(F)c2)cc1. The van der Waals surface area contributed by atoms with E-state index >= 15 is 0 Å². The van der Waals surface area contributed by atoms with Crippen molar-refractivity contribution in [1.82, 2.24) is 4.90 Å². The zero-order chi connectivity index (χ0) is 21.8. The van der Waals surface area contributed by atoms with E-state index in [1.165, 1.54) is 6.07 Å². The van der Waals surface area contributed by atoms with Crippen molar-refractivity contribution in [3.05, 3.63) is 53.8 Å². The van der Waals surface area contributed by atoms with Gasteiger partial charge in [0.05, 0.1) is 12.3 Å². The number of ether oxygens (including phenoxy) is 1. The third-order valence-corrected chi connectivity index (χ3v) is 5.70. The maximum atomic E-state index is 14.9. The smallest absolute Gasteiger partial charge is 0.153 e. The molecule has 2 unspecified atom stereocenters. The third-order valence-electron chi connectivity index (χ3n) is 5.70. The Bertz CT molecular complexity index is 826. The van der Waals surface area contributed by atoms with E-state index in [1.54, 1.807) is 11.9 Å². The van der Waals surface area contributed by atoms with Crippen LogP contribution in [0, 0.1) is 11.7 Å². The van der Waals surface area contributed by atoms with Crippen LogP contribution in [-0.4, -0.2) is 56.9 Å². The fourth-order valence-electron chi connectivity index (χ4n) is 3.72. The number of anilines is 2. The van der Waals surface area contributed by atoms with E-state index in [1.807, 2.05) is 36.4 Å². The average Bonchev–Trinajstić information content (AvgIpc) is 3.21. The van der Waals surface area contributed by atoms with Gasteiger partial charge in [0, 0.05) is 37.4 Å². The zero-order valence-electron chi connectivity index (χ0n) is 18.7. The zero-order valence-corrected chi connectivity index (χ0v) is 18.7. The number of halogens is 1. The van der Waals surface area contributed by atoms with Crippen molar-refractivity contribution in [2.45, 2.75) is 32.5 Å². The maximum absolute atomic E-state index is 14.9. The van der Waals surface area contributed by atoms with Gasteiger partial charge in [-0.3, -0.25) is 0 Å². The second kappa shape index (κ2) is 9.67. The molecular weight excluding hydrogens is 381 g/mol. The van der Waals surface area contributed by atoms with E-state index in [2.05, 4.69) is 37.7 Å². The lowest BCUT2D eigenvalue weighted by atomic mass is 10.1. The quantitative estimate of drug-likeness (QED) is 0.657. The first kappa shape index (κ1) is 22.4.